The molecule has 3 aromatic rings. The Morgan fingerprint density at radius 3 is 2.82 bits per heavy atom. The maximum atomic E-state index is 12.6. The molecule has 0 bridgehead atoms. The number of halogens is 1. The van der Waals surface area contributed by atoms with Gasteiger partial charge in [0.15, 0.2) is 0 Å². The number of nitrogens with zero attached hydrogens (tertiary/aromatic N) is 4. The normalized spacial score (nSPS) is 17.3. The van der Waals surface area contributed by atoms with Gasteiger partial charge < -0.3 is 9.72 Å². The third-order valence-corrected chi connectivity index (χ3v) is 5.02. The van der Waals surface area contributed by atoms with Gasteiger partial charge in [-0.05, 0) is 61.7 Å². The van der Waals surface area contributed by atoms with Crippen molar-refractivity contribution in [2.75, 3.05) is 6.54 Å². The molecule has 1 fully saturated rings. The summed E-state index contributed by atoms with van der Waals surface area (Å²) < 4.78 is 6.26. The molecule has 0 aliphatic carbocycles. The Labute approximate surface area is 171 Å². The third kappa shape index (κ3) is 3.87. The number of amides is 1. The number of imidazole rings is 1. The van der Waals surface area contributed by atoms with Crippen LogP contribution in [0.1, 0.15) is 45.5 Å². The molecule has 1 aromatic carbocycles. The van der Waals surface area contributed by atoms with Gasteiger partial charge in [0.2, 0.25) is 0 Å². The Balaban J connectivity index is 1.62. The number of likely N-dealkylation sites (tertiary alicyclic amines) is 1. The highest BCUT2D eigenvalue weighted by molar-refractivity contribution is 9.10. The van der Waals surface area contributed by atoms with Gasteiger partial charge in [-0.25, -0.2) is 14.8 Å². The summed E-state index contributed by atoms with van der Waals surface area (Å²) in [4.78, 5) is 31.1. The van der Waals surface area contributed by atoms with E-state index in [-0.39, 0.29) is 12.1 Å². The number of carbonyl (C=O) groups excluding carboxylic acids is 1. The van der Waals surface area contributed by atoms with Crippen molar-refractivity contribution < 1.29 is 9.53 Å². The molecule has 7 nitrogen and oxygen atoms in total. The lowest BCUT2D eigenvalue weighted by atomic mass is 10.1. The van der Waals surface area contributed by atoms with E-state index < -0.39 is 5.60 Å². The number of hydrogen-bond donors (Lipinski definition) is 1. The molecular weight excluding hydrogens is 422 g/mol. The molecule has 3 heterocycles. The van der Waals surface area contributed by atoms with Crippen molar-refractivity contribution in [2.24, 2.45) is 0 Å². The van der Waals surface area contributed by atoms with E-state index in [0.29, 0.717) is 11.1 Å². The zero-order chi connectivity index (χ0) is 19.9. The molecule has 28 heavy (non-hydrogen) atoms. The van der Waals surface area contributed by atoms with Crippen LogP contribution in [0.4, 0.5) is 4.79 Å². The summed E-state index contributed by atoms with van der Waals surface area (Å²) in [7, 11) is 0. The largest absolute Gasteiger partial charge is 0.444 e. The Kier molecular flexibility index (Phi) is 4.82. The minimum Gasteiger partial charge on any atom is -0.444 e. The lowest BCUT2D eigenvalue weighted by Crippen LogP contribution is -2.36. The van der Waals surface area contributed by atoms with E-state index >= 15 is 0 Å². The summed E-state index contributed by atoms with van der Waals surface area (Å²) in [6.07, 6.45) is 4.90. The molecule has 1 amide bonds. The number of H-pyrrole nitrogens is 1. The molecule has 8 heteroatoms. The number of hydrogen-bond acceptors (Lipinski definition) is 5. The fourth-order valence-electron chi connectivity index (χ4n) is 3.39. The Morgan fingerprint density at radius 2 is 2.11 bits per heavy atom. The molecule has 146 valence electrons. The average Bonchev–Trinajstić information content (AvgIpc) is 3.27. The van der Waals surface area contributed by atoms with Gasteiger partial charge in [-0.15, -0.1) is 0 Å². The van der Waals surface area contributed by atoms with E-state index in [2.05, 4.69) is 30.9 Å². The summed E-state index contributed by atoms with van der Waals surface area (Å²) in [6.45, 7) is 6.31. The van der Waals surface area contributed by atoms with E-state index in [1.807, 2.05) is 39.0 Å². The van der Waals surface area contributed by atoms with Crippen molar-refractivity contribution in [3.05, 3.63) is 41.0 Å². The molecule has 1 atom stereocenters. The number of aromatic amines is 1. The molecule has 0 saturated carbocycles. The summed E-state index contributed by atoms with van der Waals surface area (Å²) in [5.74, 6) is 0.789. The standard InChI is InChI=1S/C20H22BrN5O2/c1-20(2,3)28-19(27)26-8-4-5-16(26)18-24-13-7-6-12(9-14(13)25-18)15-10-23-17(21)11-22-15/h6-7,9-11,16H,4-5,8H2,1-3H3,(H,24,25)/t16-/m0/s1. The minimum atomic E-state index is -0.515. The molecule has 0 spiro atoms. The number of aromatic nitrogens is 4. The number of rotatable bonds is 2. The Bertz CT molecular complexity index is 1010. The molecule has 1 saturated heterocycles. The highest BCUT2D eigenvalue weighted by Gasteiger charge is 2.34. The Morgan fingerprint density at radius 1 is 1.29 bits per heavy atom. The summed E-state index contributed by atoms with van der Waals surface area (Å²) in [5, 5.41) is 0. The number of ether oxygens (including phenoxy) is 1. The number of carbonyl (C=O) groups is 1. The fourth-order valence-corrected chi connectivity index (χ4v) is 3.60. The Hall–Kier alpha value is -2.48. The van der Waals surface area contributed by atoms with Crippen molar-refractivity contribution in [1.29, 1.82) is 0 Å². The van der Waals surface area contributed by atoms with Gasteiger partial charge in [0.1, 0.15) is 16.0 Å². The second-order valence-corrected chi connectivity index (χ2v) is 8.72. The molecule has 4 rings (SSSR count). The van der Waals surface area contributed by atoms with Crippen LogP contribution in [0.2, 0.25) is 0 Å². The zero-order valence-corrected chi connectivity index (χ0v) is 17.7. The van der Waals surface area contributed by atoms with Gasteiger partial charge in [-0.2, -0.15) is 0 Å². The average molecular weight is 444 g/mol. The predicted molar refractivity (Wildman–Crippen MR) is 110 cm³/mol. The molecule has 1 N–H and O–H groups in total. The molecule has 1 aliphatic heterocycles. The minimum absolute atomic E-state index is 0.0989. The molecule has 0 unspecified atom stereocenters. The molecular formula is C20H22BrN5O2. The number of benzene rings is 1. The van der Waals surface area contributed by atoms with Crippen LogP contribution in [0.3, 0.4) is 0 Å². The summed E-state index contributed by atoms with van der Waals surface area (Å²) in [6, 6.07) is 5.86. The topological polar surface area (TPSA) is 84.0 Å². The van der Waals surface area contributed by atoms with Crippen molar-refractivity contribution in [3.63, 3.8) is 0 Å². The van der Waals surface area contributed by atoms with Crippen LogP contribution < -0.4 is 0 Å². The second-order valence-electron chi connectivity index (χ2n) is 7.91. The molecule has 2 aromatic heterocycles. The van der Waals surface area contributed by atoms with E-state index in [9.17, 15) is 4.79 Å². The van der Waals surface area contributed by atoms with Crippen LogP contribution in [0.15, 0.2) is 35.2 Å². The fraction of sp³-hybridized carbons (Fsp3) is 0.400. The van der Waals surface area contributed by atoms with Crippen LogP contribution in [-0.2, 0) is 4.74 Å². The van der Waals surface area contributed by atoms with Crippen LogP contribution in [0.5, 0.6) is 0 Å². The van der Waals surface area contributed by atoms with Crippen molar-refractivity contribution in [2.45, 2.75) is 45.3 Å². The smallest absolute Gasteiger partial charge is 0.410 e. The second kappa shape index (κ2) is 7.16. The van der Waals surface area contributed by atoms with Gasteiger partial charge >= 0.3 is 6.09 Å². The monoisotopic (exact) mass is 443 g/mol. The van der Waals surface area contributed by atoms with Gasteiger partial charge in [0.25, 0.3) is 0 Å². The van der Waals surface area contributed by atoms with Crippen molar-refractivity contribution >= 4 is 33.1 Å². The van der Waals surface area contributed by atoms with Gasteiger partial charge in [-0.1, -0.05) is 6.07 Å². The number of fused-ring (bicyclic) bond motifs is 1. The van der Waals surface area contributed by atoms with Gasteiger partial charge in [0.05, 0.1) is 35.2 Å². The van der Waals surface area contributed by atoms with E-state index in [1.54, 1.807) is 17.3 Å². The third-order valence-electron chi connectivity index (χ3n) is 4.61. The maximum Gasteiger partial charge on any atom is 0.410 e. The van der Waals surface area contributed by atoms with Crippen LogP contribution >= 0.6 is 15.9 Å². The van der Waals surface area contributed by atoms with Crippen LogP contribution in [-0.4, -0.2) is 43.1 Å². The van der Waals surface area contributed by atoms with E-state index in [1.165, 1.54) is 0 Å². The van der Waals surface area contributed by atoms with E-state index in [0.717, 1.165) is 41.0 Å². The summed E-state index contributed by atoms with van der Waals surface area (Å²) in [5.41, 5.74) is 2.98. The highest BCUT2D eigenvalue weighted by Crippen LogP contribution is 2.33. The predicted octanol–water partition coefficient (Wildman–Crippen LogP) is 4.85. The van der Waals surface area contributed by atoms with Gasteiger partial charge in [0, 0.05) is 12.1 Å². The van der Waals surface area contributed by atoms with E-state index in [4.69, 9.17) is 9.72 Å². The first kappa shape index (κ1) is 18.9. The molecule has 1 aliphatic rings. The maximum absolute atomic E-state index is 12.6. The van der Waals surface area contributed by atoms with Crippen molar-refractivity contribution in [3.8, 4) is 11.3 Å². The first-order chi connectivity index (χ1) is 13.3. The van der Waals surface area contributed by atoms with Crippen LogP contribution in [0, 0.1) is 0 Å². The van der Waals surface area contributed by atoms with Crippen LogP contribution in [0.25, 0.3) is 22.3 Å². The first-order valence-corrected chi connectivity index (χ1v) is 10.1. The highest BCUT2D eigenvalue weighted by atomic mass is 79.9. The van der Waals surface area contributed by atoms with Crippen molar-refractivity contribution in [1.82, 2.24) is 24.8 Å². The first-order valence-electron chi connectivity index (χ1n) is 9.27. The lowest BCUT2D eigenvalue weighted by molar-refractivity contribution is 0.0219. The quantitative estimate of drug-likeness (QED) is 0.611. The van der Waals surface area contributed by atoms with Gasteiger partial charge in [-0.3, -0.25) is 9.88 Å². The lowest BCUT2D eigenvalue weighted by Gasteiger charge is -2.27. The zero-order valence-electron chi connectivity index (χ0n) is 16.1. The SMILES string of the molecule is CC(C)(C)OC(=O)N1CCC[C@H]1c1nc2cc(-c3cnc(Br)cn3)ccc2[nH]1. The number of nitrogens with one attached hydrogen (secondary N) is 1. The summed E-state index contributed by atoms with van der Waals surface area (Å²) >= 11 is 3.30. The molecule has 0 radical (unpaired) electrons.